The van der Waals surface area contributed by atoms with E-state index in [0.29, 0.717) is 17.4 Å². The summed E-state index contributed by atoms with van der Waals surface area (Å²) in [6.45, 7) is 4.74. The minimum Gasteiger partial charge on any atom is -0.387 e. The fourth-order valence-corrected chi connectivity index (χ4v) is 9.89. The van der Waals surface area contributed by atoms with Crippen molar-refractivity contribution in [2.45, 2.75) is 302 Å². The quantitative estimate of drug-likeness (QED) is 0.0243. The number of hydrogen-bond acceptors (Lipinski definition) is 5. The molecule has 0 aromatic rings. The number of amides is 1. The molecule has 3 unspecified atom stereocenters. The summed E-state index contributed by atoms with van der Waals surface area (Å²) in [5, 5.41) is 14.0. The van der Waals surface area contributed by atoms with Crippen LogP contribution < -0.4 is 5.32 Å². The number of allylic oxidation sites excluding steroid dienone is 9. The van der Waals surface area contributed by atoms with Gasteiger partial charge in [0.25, 0.3) is 0 Å². The van der Waals surface area contributed by atoms with Crippen LogP contribution in [0.2, 0.25) is 0 Å². The molecule has 0 aromatic heterocycles. The molecule has 0 spiro atoms. The molecule has 0 fully saturated rings. The number of rotatable bonds is 57. The van der Waals surface area contributed by atoms with Crippen molar-refractivity contribution in [1.29, 1.82) is 0 Å². The summed E-state index contributed by atoms with van der Waals surface area (Å²) >= 11 is 0. The third-order valence-electron chi connectivity index (χ3n) is 14.0. The first kappa shape index (κ1) is 71.2. The fourth-order valence-electron chi connectivity index (χ4n) is 9.15. The third kappa shape index (κ3) is 57.7. The number of carbonyl (C=O) groups excluding carboxylic acids is 1. The number of hydrogen-bond donors (Lipinski definition) is 3. The molecular formula is C64H122N2O6P+. The van der Waals surface area contributed by atoms with Gasteiger partial charge in [-0.1, -0.05) is 286 Å². The first-order chi connectivity index (χ1) is 35.5. The smallest absolute Gasteiger partial charge is 0.387 e. The van der Waals surface area contributed by atoms with Crippen molar-refractivity contribution in [1.82, 2.24) is 5.32 Å². The average molecular weight is 1050 g/mol. The summed E-state index contributed by atoms with van der Waals surface area (Å²) in [6.07, 6.45) is 74.7. The van der Waals surface area contributed by atoms with Crippen molar-refractivity contribution in [3.8, 4) is 0 Å². The second-order valence-corrected chi connectivity index (χ2v) is 23.9. The highest BCUT2D eigenvalue weighted by Gasteiger charge is 2.27. The molecule has 73 heavy (non-hydrogen) atoms. The number of nitrogens with one attached hydrogen (secondary N) is 1. The van der Waals surface area contributed by atoms with E-state index in [2.05, 4.69) is 67.8 Å². The lowest BCUT2D eigenvalue weighted by Gasteiger charge is -2.25. The summed E-state index contributed by atoms with van der Waals surface area (Å²) < 4.78 is 23.8. The molecule has 3 N–H and O–H groups in total. The monoisotopic (exact) mass is 1050 g/mol. The van der Waals surface area contributed by atoms with Crippen LogP contribution in [-0.4, -0.2) is 73.4 Å². The van der Waals surface area contributed by atoms with Crippen LogP contribution >= 0.6 is 7.82 Å². The molecule has 428 valence electrons. The highest BCUT2D eigenvalue weighted by Crippen LogP contribution is 2.43. The van der Waals surface area contributed by atoms with Crippen LogP contribution in [0.4, 0.5) is 0 Å². The maximum Gasteiger partial charge on any atom is 0.472 e. The van der Waals surface area contributed by atoms with E-state index in [-0.39, 0.29) is 19.1 Å². The number of likely N-dealkylation sites (N-methyl/N-ethyl adjacent to an activating group) is 1. The summed E-state index contributed by atoms with van der Waals surface area (Å²) in [7, 11) is 1.58. The van der Waals surface area contributed by atoms with Gasteiger partial charge in [-0.25, -0.2) is 4.57 Å². The van der Waals surface area contributed by atoms with E-state index in [1.807, 2.05) is 27.2 Å². The van der Waals surface area contributed by atoms with Gasteiger partial charge in [-0.2, -0.15) is 0 Å². The van der Waals surface area contributed by atoms with Crippen molar-refractivity contribution in [3.05, 3.63) is 60.8 Å². The molecule has 9 heteroatoms. The lowest BCUT2D eigenvalue weighted by atomic mass is 10.0. The van der Waals surface area contributed by atoms with Crippen LogP contribution in [0, 0.1) is 0 Å². The molecular weight excluding hydrogens is 924 g/mol. The largest absolute Gasteiger partial charge is 0.472 e. The van der Waals surface area contributed by atoms with Gasteiger partial charge in [0.1, 0.15) is 13.2 Å². The normalized spacial score (nSPS) is 14.2. The van der Waals surface area contributed by atoms with Crippen molar-refractivity contribution in [2.24, 2.45) is 0 Å². The van der Waals surface area contributed by atoms with Crippen LogP contribution in [0.3, 0.4) is 0 Å². The van der Waals surface area contributed by atoms with Crippen LogP contribution in [0.1, 0.15) is 290 Å². The summed E-state index contributed by atoms with van der Waals surface area (Å²) in [4.78, 5) is 23.4. The van der Waals surface area contributed by atoms with Gasteiger partial charge in [0, 0.05) is 6.42 Å². The molecule has 0 saturated heterocycles. The second kappa shape index (κ2) is 55.0. The maximum atomic E-state index is 13.0. The zero-order valence-electron chi connectivity index (χ0n) is 48.9. The number of quaternary nitrogens is 1. The Kier molecular flexibility index (Phi) is 53.6. The number of aliphatic hydroxyl groups excluding tert-OH is 1. The maximum absolute atomic E-state index is 13.0. The number of phosphoric acid groups is 1. The van der Waals surface area contributed by atoms with Gasteiger partial charge >= 0.3 is 7.82 Å². The molecule has 0 radical (unpaired) electrons. The predicted molar refractivity (Wildman–Crippen MR) is 318 cm³/mol. The first-order valence-corrected chi connectivity index (χ1v) is 32.7. The van der Waals surface area contributed by atoms with E-state index in [1.165, 1.54) is 205 Å². The topological polar surface area (TPSA) is 105 Å². The molecule has 0 heterocycles. The molecule has 1 amide bonds. The molecule has 3 atom stereocenters. The van der Waals surface area contributed by atoms with Gasteiger partial charge in [-0.15, -0.1) is 0 Å². The fraction of sp³-hybridized carbons (Fsp3) is 0.828. The Balaban J connectivity index is 4.13. The molecule has 0 rings (SSSR count). The van der Waals surface area contributed by atoms with Crippen molar-refractivity contribution >= 4 is 13.7 Å². The molecule has 8 nitrogen and oxygen atoms in total. The molecule has 0 saturated carbocycles. The van der Waals surface area contributed by atoms with E-state index < -0.39 is 20.0 Å². The third-order valence-corrected chi connectivity index (χ3v) is 15.0. The molecule has 0 aliphatic heterocycles. The van der Waals surface area contributed by atoms with Gasteiger partial charge in [-0.05, 0) is 57.8 Å². The van der Waals surface area contributed by atoms with Gasteiger partial charge in [-0.3, -0.25) is 13.8 Å². The van der Waals surface area contributed by atoms with E-state index >= 15 is 0 Å². The number of phosphoric ester groups is 1. The number of carbonyl (C=O) groups is 1. The highest BCUT2D eigenvalue weighted by molar-refractivity contribution is 7.47. The molecule has 0 aliphatic rings. The van der Waals surface area contributed by atoms with Gasteiger partial charge in [0.15, 0.2) is 0 Å². The first-order valence-electron chi connectivity index (χ1n) is 31.2. The Hall–Kier alpha value is -1.80. The predicted octanol–water partition coefficient (Wildman–Crippen LogP) is 19.3. The lowest BCUT2D eigenvalue weighted by Crippen LogP contribution is -2.45. The zero-order chi connectivity index (χ0) is 53.5. The number of nitrogens with zero attached hydrogens (tertiary/aromatic N) is 1. The Labute approximate surface area is 453 Å². The summed E-state index contributed by atoms with van der Waals surface area (Å²) in [6, 6.07) is -0.849. The Morgan fingerprint density at radius 2 is 0.822 bits per heavy atom. The van der Waals surface area contributed by atoms with Gasteiger partial charge in [0.05, 0.1) is 39.9 Å². The Morgan fingerprint density at radius 1 is 0.479 bits per heavy atom. The zero-order valence-corrected chi connectivity index (χ0v) is 49.8. The van der Waals surface area contributed by atoms with Gasteiger partial charge in [0.2, 0.25) is 5.91 Å². The van der Waals surface area contributed by atoms with Crippen LogP contribution in [0.15, 0.2) is 60.8 Å². The molecule has 0 aromatic carbocycles. The standard InChI is InChI=1S/C64H121N2O6P/c1-6-8-10-12-14-16-18-20-22-24-26-28-30-31-32-33-34-35-36-38-40-42-44-46-48-50-52-54-56-58-64(68)65-62(61-72-73(69,70)71-60-59-66(3,4)5)63(67)57-55-53-51-49-47-45-43-41-39-37-29-27-25-23-21-19-17-15-13-11-9-7-2/h8,10,14,16,20,22,26,28,55,57,62-63,67H,6-7,9,11-13,15,17-19,21,23-25,27,29-54,56,58-61H2,1-5H3,(H-,65,68,69,70)/p+1/b10-8-,16-14-,22-20-,28-26-,57-55+. The SMILES string of the molecule is CC/C=C\C/C=C\C/C=C\C/C=C\CCCCCCCCCCCCCCCCCCC(=O)NC(COP(=O)(O)OCC[N+](C)(C)C)C(O)/C=C/CCCCCCCCCCCCCCCCCCCCCC. The van der Waals surface area contributed by atoms with Crippen LogP contribution in [0.25, 0.3) is 0 Å². The summed E-state index contributed by atoms with van der Waals surface area (Å²) in [5.41, 5.74) is 0. The number of unbranched alkanes of at least 4 members (excludes halogenated alkanes) is 36. The lowest BCUT2D eigenvalue weighted by molar-refractivity contribution is -0.870. The average Bonchev–Trinajstić information content (AvgIpc) is 3.35. The molecule has 0 bridgehead atoms. The van der Waals surface area contributed by atoms with E-state index in [1.54, 1.807) is 6.08 Å². The highest BCUT2D eigenvalue weighted by atomic mass is 31.2. The van der Waals surface area contributed by atoms with Crippen molar-refractivity contribution < 1.29 is 32.9 Å². The van der Waals surface area contributed by atoms with Gasteiger partial charge < -0.3 is 19.8 Å². The molecule has 0 aliphatic carbocycles. The van der Waals surface area contributed by atoms with E-state index in [0.717, 1.165) is 64.2 Å². The number of aliphatic hydroxyl groups is 1. The summed E-state index contributed by atoms with van der Waals surface area (Å²) in [5.74, 6) is -0.174. The Bertz CT molecular complexity index is 1370. The van der Waals surface area contributed by atoms with Crippen LogP contribution in [-0.2, 0) is 18.4 Å². The van der Waals surface area contributed by atoms with Crippen molar-refractivity contribution in [2.75, 3.05) is 40.9 Å². The van der Waals surface area contributed by atoms with E-state index in [9.17, 15) is 19.4 Å². The Morgan fingerprint density at radius 3 is 1.21 bits per heavy atom. The second-order valence-electron chi connectivity index (χ2n) is 22.4. The van der Waals surface area contributed by atoms with Crippen molar-refractivity contribution in [3.63, 3.8) is 0 Å². The minimum atomic E-state index is -4.35. The minimum absolute atomic E-state index is 0.0613. The van der Waals surface area contributed by atoms with Crippen LogP contribution in [0.5, 0.6) is 0 Å². The van der Waals surface area contributed by atoms with E-state index in [4.69, 9.17) is 9.05 Å².